The van der Waals surface area contributed by atoms with Gasteiger partial charge in [-0.3, -0.25) is 0 Å². The topological polar surface area (TPSA) is 9.23 Å². The van der Waals surface area contributed by atoms with Gasteiger partial charge in [0, 0.05) is 5.56 Å². The van der Waals surface area contributed by atoms with Crippen molar-refractivity contribution in [3.8, 4) is 12.0 Å². The maximum atomic E-state index is 5.74. The largest absolute Gasteiger partial charge is 0.443 e. The number of hydrogen-bond donors (Lipinski definition) is 0. The second kappa shape index (κ2) is 11.5. The molecule has 156 valence electrons. The minimum Gasteiger partial charge on any atom is -0.443 e. The van der Waals surface area contributed by atoms with Gasteiger partial charge < -0.3 is 4.74 Å². The highest BCUT2D eigenvalue weighted by molar-refractivity contribution is 5.86. The van der Waals surface area contributed by atoms with Gasteiger partial charge >= 0.3 is 0 Å². The standard InChI is InChI=1S/C29H34O/c1-4-5-12-25-17-19-26(20-18-25)21-22-30-24(3)11-8-10-23(2)28-16-9-14-27-13-6-7-15-29(27)28/h6-7,9,13-20,23-24H,4-5,8,10-12H2,1-3H3. The van der Waals surface area contributed by atoms with E-state index in [1.807, 2.05) is 0 Å². The predicted molar refractivity (Wildman–Crippen MR) is 129 cm³/mol. The van der Waals surface area contributed by atoms with E-state index in [0.717, 1.165) is 31.2 Å². The SMILES string of the molecule is CCCCc1ccc(C#COC(C)CCCC(C)c2cccc3ccccc23)cc1. The molecule has 0 heterocycles. The van der Waals surface area contributed by atoms with E-state index in [1.54, 1.807) is 0 Å². The number of fused-ring (bicyclic) bond motifs is 1. The molecule has 0 bridgehead atoms. The third-order valence-electron chi connectivity index (χ3n) is 5.83. The molecule has 0 fully saturated rings. The fraction of sp³-hybridized carbons (Fsp3) is 0.379. The Hall–Kier alpha value is -2.72. The maximum Gasteiger partial charge on any atom is 0.115 e. The van der Waals surface area contributed by atoms with E-state index < -0.39 is 0 Å². The Morgan fingerprint density at radius 3 is 2.40 bits per heavy atom. The molecule has 0 radical (unpaired) electrons. The number of aryl methyl sites for hydroxylation is 1. The van der Waals surface area contributed by atoms with Gasteiger partial charge in [-0.25, -0.2) is 0 Å². The average Bonchev–Trinajstić information content (AvgIpc) is 2.78. The summed E-state index contributed by atoms with van der Waals surface area (Å²) >= 11 is 0. The molecule has 3 aromatic rings. The number of unbranched alkanes of at least 4 members (excludes halogenated alkanes) is 1. The van der Waals surface area contributed by atoms with Gasteiger partial charge in [0.1, 0.15) is 12.2 Å². The number of ether oxygens (including phenoxy) is 1. The van der Waals surface area contributed by atoms with Gasteiger partial charge in [0.15, 0.2) is 0 Å². The van der Waals surface area contributed by atoms with Crippen molar-refractivity contribution < 1.29 is 4.74 Å². The first kappa shape index (κ1) is 22.0. The zero-order valence-corrected chi connectivity index (χ0v) is 18.7. The minimum absolute atomic E-state index is 0.154. The van der Waals surface area contributed by atoms with Gasteiger partial charge in [0.05, 0.1) is 0 Å². The highest BCUT2D eigenvalue weighted by Crippen LogP contribution is 2.29. The average molecular weight is 399 g/mol. The van der Waals surface area contributed by atoms with Gasteiger partial charge in [0.25, 0.3) is 0 Å². The van der Waals surface area contributed by atoms with Gasteiger partial charge in [-0.2, -0.15) is 0 Å². The van der Waals surface area contributed by atoms with E-state index in [1.165, 1.54) is 34.7 Å². The van der Waals surface area contributed by atoms with Crippen LogP contribution < -0.4 is 0 Å². The van der Waals surface area contributed by atoms with Crippen LogP contribution in [0, 0.1) is 12.0 Å². The Balaban J connectivity index is 1.44. The summed E-state index contributed by atoms with van der Waals surface area (Å²) in [6, 6.07) is 23.9. The monoisotopic (exact) mass is 398 g/mol. The van der Waals surface area contributed by atoms with Crippen LogP contribution in [0.15, 0.2) is 66.7 Å². The van der Waals surface area contributed by atoms with E-state index in [2.05, 4.69) is 99.5 Å². The summed E-state index contributed by atoms with van der Waals surface area (Å²) in [5, 5.41) is 2.70. The van der Waals surface area contributed by atoms with Crippen molar-refractivity contribution in [3.63, 3.8) is 0 Å². The molecule has 0 amide bonds. The van der Waals surface area contributed by atoms with Crippen LogP contribution in [0.2, 0.25) is 0 Å². The summed E-state index contributed by atoms with van der Waals surface area (Å²) in [6.07, 6.45) is 10.0. The van der Waals surface area contributed by atoms with Crippen molar-refractivity contribution >= 4 is 10.8 Å². The van der Waals surface area contributed by atoms with E-state index >= 15 is 0 Å². The summed E-state index contributed by atoms with van der Waals surface area (Å²) < 4.78 is 5.74. The third-order valence-corrected chi connectivity index (χ3v) is 5.83. The first-order chi connectivity index (χ1) is 14.7. The lowest BCUT2D eigenvalue weighted by Crippen LogP contribution is -2.05. The quantitative estimate of drug-likeness (QED) is 0.333. The van der Waals surface area contributed by atoms with E-state index in [9.17, 15) is 0 Å². The maximum absolute atomic E-state index is 5.74. The van der Waals surface area contributed by atoms with Crippen molar-refractivity contribution in [2.24, 2.45) is 0 Å². The molecule has 0 aliphatic carbocycles. The Morgan fingerprint density at radius 2 is 1.60 bits per heavy atom. The molecule has 3 aromatic carbocycles. The molecule has 0 N–H and O–H groups in total. The molecular weight excluding hydrogens is 364 g/mol. The minimum atomic E-state index is 0.154. The second-order valence-electron chi connectivity index (χ2n) is 8.36. The van der Waals surface area contributed by atoms with Crippen LogP contribution in [0.5, 0.6) is 0 Å². The van der Waals surface area contributed by atoms with Gasteiger partial charge in [0.2, 0.25) is 0 Å². The van der Waals surface area contributed by atoms with Crippen LogP contribution in [0.1, 0.15) is 75.5 Å². The lowest BCUT2D eigenvalue weighted by atomic mass is 9.91. The third kappa shape index (κ3) is 6.39. The van der Waals surface area contributed by atoms with Gasteiger partial charge in [-0.15, -0.1) is 0 Å². The van der Waals surface area contributed by atoms with E-state index in [4.69, 9.17) is 4.74 Å². The molecule has 0 aliphatic rings. The van der Waals surface area contributed by atoms with Crippen LogP contribution >= 0.6 is 0 Å². The van der Waals surface area contributed by atoms with Crippen LogP contribution in [0.25, 0.3) is 10.8 Å². The van der Waals surface area contributed by atoms with Crippen LogP contribution in [-0.2, 0) is 11.2 Å². The fourth-order valence-electron chi connectivity index (χ4n) is 3.93. The molecule has 1 nitrogen and oxygen atoms in total. The first-order valence-electron chi connectivity index (χ1n) is 11.4. The zero-order chi connectivity index (χ0) is 21.2. The molecule has 0 aromatic heterocycles. The highest BCUT2D eigenvalue weighted by atomic mass is 16.5. The summed E-state index contributed by atoms with van der Waals surface area (Å²) in [7, 11) is 0. The summed E-state index contributed by atoms with van der Waals surface area (Å²) in [6.45, 7) is 6.67. The Labute approximate surface area is 182 Å². The molecule has 30 heavy (non-hydrogen) atoms. The molecule has 1 heteroatoms. The molecule has 2 atom stereocenters. The lowest BCUT2D eigenvalue weighted by Gasteiger charge is -2.16. The van der Waals surface area contributed by atoms with Gasteiger partial charge in [-0.05, 0) is 84.9 Å². The summed E-state index contributed by atoms with van der Waals surface area (Å²) in [5.41, 5.74) is 3.85. The van der Waals surface area contributed by atoms with Crippen molar-refractivity contribution in [2.75, 3.05) is 0 Å². The normalized spacial score (nSPS) is 12.8. The predicted octanol–water partition coefficient (Wildman–Crippen LogP) is 7.87. The molecule has 0 saturated carbocycles. The molecule has 2 unspecified atom stereocenters. The van der Waals surface area contributed by atoms with Crippen molar-refractivity contribution in [1.82, 2.24) is 0 Å². The molecule has 0 aliphatic heterocycles. The van der Waals surface area contributed by atoms with E-state index in [-0.39, 0.29) is 6.10 Å². The molecule has 3 rings (SSSR count). The number of benzene rings is 3. The first-order valence-corrected chi connectivity index (χ1v) is 11.4. The summed E-state index contributed by atoms with van der Waals surface area (Å²) in [5.74, 6) is 3.67. The molecular formula is C29H34O. The molecule has 0 spiro atoms. The smallest absolute Gasteiger partial charge is 0.115 e. The Bertz CT molecular complexity index is 969. The van der Waals surface area contributed by atoms with Crippen LogP contribution in [0.3, 0.4) is 0 Å². The summed E-state index contributed by atoms with van der Waals surface area (Å²) in [4.78, 5) is 0. The fourth-order valence-corrected chi connectivity index (χ4v) is 3.93. The van der Waals surface area contributed by atoms with Crippen LogP contribution in [-0.4, -0.2) is 6.10 Å². The highest BCUT2D eigenvalue weighted by Gasteiger charge is 2.10. The Kier molecular flexibility index (Phi) is 8.40. The van der Waals surface area contributed by atoms with E-state index in [0.29, 0.717) is 5.92 Å². The lowest BCUT2D eigenvalue weighted by molar-refractivity contribution is 0.171. The second-order valence-corrected chi connectivity index (χ2v) is 8.36. The number of hydrogen-bond acceptors (Lipinski definition) is 1. The van der Waals surface area contributed by atoms with Gasteiger partial charge in [-0.1, -0.05) is 74.9 Å². The molecule has 0 saturated heterocycles. The zero-order valence-electron chi connectivity index (χ0n) is 18.7. The van der Waals surface area contributed by atoms with Crippen molar-refractivity contribution in [2.45, 2.75) is 71.3 Å². The van der Waals surface area contributed by atoms with Crippen molar-refractivity contribution in [3.05, 3.63) is 83.4 Å². The Morgan fingerprint density at radius 1 is 0.833 bits per heavy atom. The van der Waals surface area contributed by atoms with Crippen LogP contribution in [0.4, 0.5) is 0 Å². The number of rotatable bonds is 9. The van der Waals surface area contributed by atoms with Crippen molar-refractivity contribution in [1.29, 1.82) is 0 Å².